The number of hydrogen-bond donors (Lipinski definition) is 0. The third-order valence-electron chi connectivity index (χ3n) is 3.96. The summed E-state index contributed by atoms with van der Waals surface area (Å²) in [6.45, 7) is 0.928. The second kappa shape index (κ2) is 7.45. The van der Waals surface area contributed by atoms with Gasteiger partial charge in [-0.3, -0.25) is 9.59 Å². The van der Waals surface area contributed by atoms with Crippen molar-refractivity contribution >= 4 is 33.1 Å². The number of piperidine rings is 1. The molecule has 0 radical (unpaired) electrons. The Hall–Kier alpha value is -1.40. The van der Waals surface area contributed by atoms with Crippen molar-refractivity contribution in [1.82, 2.24) is 4.90 Å². The summed E-state index contributed by atoms with van der Waals surface area (Å²) in [4.78, 5) is 26.3. The topological polar surface area (TPSA) is 71.5 Å². The van der Waals surface area contributed by atoms with Crippen LogP contribution in [-0.4, -0.2) is 50.1 Å². The van der Waals surface area contributed by atoms with Crippen LogP contribution in [0, 0.1) is 5.92 Å². The number of benzene rings is 1. The molecule has 0 N–H and O–H groups in total. The predicted octanol–water partition coefficient (Wildman–Crippen LogP) is 2.20. The molecule has 2 rings (SSSR count). The number of likely N-dealkylation sites (tertiary alicyclic amines) is 1. The molecule has 1 aromatic carbocycles. The van der Waals surface area contributed by atoms with Gasteiger partial charge < -0.3 is 4.90 Å². The first kappa shape index (κ1) is 17.9. The highest BCUT2D eigenvalue weighted by Gasteiger charge is 2.29. The quantitative estimate of drug-likeness (QED) is 0.757. The standard InChI is InChI=1S/C16H20ClNO4S/c1-23(21,22)10-8-15(19)18-9-2-3-13(11-18)16(20)12-4-6-14(17)7-5-12/h4-7,13H,2-3,8-11H2,1H3. The number of amides is 1. The largest absolute Gasteiger partial charge is 0.342 e. The summed E-state index contributed by atoms with van der Waals surface area (Å²) in [6, 6.07) is 6.73. The van der Waals surface area contributed by atoms with Crippen molar-refractivity contribution in [2.75, 3.05) is 25.1 Å². The number of hydrogen-bond acceptors (Lipinski definition) is 4. The predicted molar refractivity (Wildman–Crippen MR) is 89.4 cm³/mol. The monoisotopic (exact) mass is 357 g/mol. The van der Waals surface area contributed by atoms with E-state index in [1.54, 1.807) is 29.2 Å². The molecule has 0 bridgehead atoms. The fourth-order valence-corrected chi connectivity index (χ4v) is 3.37. The second-order valence-corrected chi connectivity index (χ2v) is 8.63. The number of carbonyl (C=O) groups is 2. The molecule has 1 saturated heterocycles. The molecule has 0 spiro atoms. The molecule has 1 heterocycles. The molecule has 1 atom stereocenters. The van der Waals surface area contributed by atoms with Gasteiger partial charge in [-0.05, 0) is 37.1 Å². The van der Waals surface area contributed by atoms with Crippen LogP contribution in [0.4, 0.5) is 0 Å². The van der Waals surface area contributed by atoms with Crippen LogP contribution < -0.4 is 0 Å². The molecule has 1 unspecified atom stereocenters. The highest BCUT2D eigenvalue weighted by atomic mass is 35.5. The molecule has 23 heavy (non-hydrogen) atoms. The number of Topliss-reactive ketones (excluding diaryl/α,β-unsaturated/α-hetero) is 1. The Balaban J connectivity index is 1.98. The number of ketones is 1. The van der Waals surface area contributed by atoms with Crippen molar-refractivity contribution in [1.29, 1.82) is 0 Å². The molecular weight excluding hydrogens is 338 g/mol. The molecule has 1 amide bonds. The summed E-state index contributed by atoms with van der Waals surface area (Å²) in [5.74, 6) is -0.601. The van der Waals surface area contributed by atoms with Gasteiger partial charge in [-0.15, -0.1) is 0 Å². The van der Waals surface area contributed by atoms with E-state index in [2.05, 4.69) is 0 Å². The van der Waals surface area contributed by atoms with Gasteiger partial charge in [0.2, 0.25) is 5.91 Å². The van der Waals surface area contributed by atoms with Crippen LogP contribution in [0.25, 0.3) is 0 Å². The average molecular weight is 358 g/mol. The molecule has 1 aliphatic rings. The van der Waals surface area contributed by atoms with Crippen LogP contribution in [0.2, 0.25) is 5.02 Å². The van der Waals surface area contributed by atoms with E-state index in [1.807, 2.05) is 0 Å². The molecule has 7 heteroatoms. The Kier molecular flexibility index (Phi) is 5.81. The van der Waals surface area contributed by atoms with Gasteiger partial charge in [0.15, 0.2) is 5.78 Å². The lowest BCUT2D eigenvalue weighted by molar-refractivity contribution is -0.132. The zero-order valence-electron chi connectivity index (χ0n) is 13.0. The van der Waals surface area contributed by atoms with Crippen LogP contribution >= 0.6 is 11.6 Å². The van der Waals surface area contributed by atoms with Gasteiger partial charge >= 0.3 is 0 Å². The first-order valence-electron chi connectivity index (χ1n) is 7.51. The van der Waals surface area contributed by atoms with E-state index in [9.17, 15) is 18.0 Å². The average Bonchev–Trinajstić information content (AvgIpc) is 2.52. The zero-order valence-corrected chi connectivity index (χ0v) is 14.6. The summed E-state index contributed by atoms with van der Waals surface area (Å²) in [7, 11) is -3.16. The normalized spacial score (nSPS) is 18.7. The Morgan fingerprint density at radius 1 is 1.26 bits per heavy atom. The third-order valence-corrected chi connectivity index (χ3v) is 5.16. The van der Waals surface area contributed by atoms with Crippen LogP contribution in [0.15, 0.2) is 24.3 Å². The minimum Gasteiger partial charge on any atom is -0.342 e. The summed E-state index contributed by atoms with van der Waals surface area (Å²) in [5, 5.41) is 0.572. The Morgan fingerprint density at radius 3 is 2.52 bits per heavy atom. The number of rotatable bonds is 5. The Morgan fingerprint density at radius 2 is 1.91 bits per heavy atom. The lowest BCUT2D eigenvalue weighted by Gasteiger charge is -2.32. The summed E-state index contributed by atoms with van der Waals surface area (Å²) < 4.78 is 22.3. The second-order valence-electron chi connectivity index (χ2n) is 5.93. The Labute approximate surface area is 141 Å². The van der Waals surface area contributed by atoms with Crippen molar-refractivity contribution in [2.24, 2.45) is 5.92 Å². The highest BCUT2D eigenvalue weighted by Crippen LogP contribution is 2.22. The molecule has 5 nitrogen and oxygen atoms in total. The smallest absolute Gasteiger partial charge is 0.223 e. The zero-order chi connectivity index (χ0) is 17.0. The van der Waals surface area contributed by atoms with E-state index in [4.69, 9.17) is 11.6 Å². The van der Waals surface area contributed by atoms with Gasteiger partial charge in [-0.25, -0.2) is 8.42 Å². The van der Waals surface area contributed by atoms with Crippen molar-refractivity contribution in [3.05, 3.63) is 34.9 Å². The molecule has 1 fully saturated rings. The first-order chi connectivity index (χ1) is 10.8. The van der Waals surface area contributed by atoms with Crippen LogP contribution in [-0.2, 0) is 14.6 Å². The van der Waals surface area contributed by atoms with E-state index < -0.39 is 9.84 Å². The molecule has 126 valence electrons. The molecule has 0 aromatic heterocycles. The molecule has 1 aromatic rings. The number of sulfone groups is 1. The maximum absolute atomic E-state index is 12.5. The minimum absolute atomic E-state index is 0.00211. The molecule has 1 aliphatic heterocycles. The van der Waals surface area contributed by atoms with Crippen molar-refractivity contribution in [3.8, 4) is 0 Å². The Bertz CT molecular complexity index is 685. The third kappa shape index (κ3) is 5.32. The highest BCUT2D eigenvalue weighted by molar-refractivity contribution is 7.90. The van der Waals surface area contributed by atoms with Crippen molar-refractivity contribution in [2.45, 2.75) is 19.3 Å². The van der Waals surface area contributed by atoms with Gasteiger partial charge in [0.25, 0.3) is 0 Å². The van der Waals surface area contributed by atoms with E-state index >= 15 is 0 Å². The maximum Gasteiger partial charge on any atom is 0.223 e. The number of carbonyl (C=O) groups excluding carboxylic acids is 2. The fraction of sp³-hybridized carbons (Fsp3) is 0.500. The summed E-state index contributed by atoms with van der Waals surface area (Å²) in [6.07, 6.45) is 2.57. The van der Waals surface area contributed by atoms with Crippen LogP contribution in [0.3, 0.4) is 0 Å². The SMILES string of the molecule is CS(=O)(=O)CCC(=O)N1CCCC(C(=O)c2ccc(Cl)cc2)C1. The number of halogens is 1. The molecule has 0 saturated carbocycles. The summed E-state index contributed by atoms with van der Waals surface area (Å²) >= 11 is 5.83. The lowest BCUT2D eigenvalue weighted by Crippen LogP contribution is -2.42. The van der Waals surface area contributed by atoms with Crippen molar-refractivity contribution < 1.29 is 18.0 Å². The van der Waals surface area contributed by atoms with Crippen LogP contribution in [0.1, 0.15) is 29.6 Å². The van der Waals surface area contributed by atoms with Gasteiger partial charge in [-0.1, -0.05) is 11.6 Å². The van der Waals surface area contributed by atoms with Gasteiger partial charge in [0.1, 0.15) is 9.84 Å². The first-order valence-corrected chi connectivity index (χ1v) is 9.95. The van der Waals surface area contributed by atoms with E-state index in [0.29, 0.717) is 23.7 Å². The minimum atomic E-state index is -3.16. The maximum atomic E-state index is 12.5. The molecule has 0 aliphatic carbocycles. The molecular formula is C16H20ClNO4S. The van der Waals surface area contributed by atoms with Gasteiger partial charge in [0, 0.05) is 42.3 Å². The van der Waals surface area contributed by atoms with Crippen molar-refractivity contribution in [3.63, 3.8) is 0 Å². The van der Waals surface area contributed by atoms with Gasteiger partial charge in [0.05, 0.1) is 5.75 Å². The lowest BCUT2D eigenvalue weighted by atomic mass is 9.90. The van der Waals surface area contributed by atoms with Gasteiger partial charge in [-0.2, -0.15) is 0 Å². The van der Waals surface area contributed by atoms with Crippen LogP contribution in [0.5, 0.6) is 0 Å². The van der Waals surface area contributed by atoms with E-state index in [1.165, 1.54) is 0 Å². The summed E-state index contributed by atoms with van der Waals surface area (Å²) in [5.41, 5.74) is 0.588. The number of nitrogens with zero attached hydrogens (tertiary/aromatic N) is 1. The van der Waals surface area contributed by atoms with E-state index in [-0.39, 0.29) is 29.8 Å². The van der Waals surface area contributed by atoms with E-state index in [0.717, 1.165) is 19.1 Å². The fourth-order valence-electron chi connectivity index (χ4n) is 2.70.